The summed E-state index contributed by atoms with van der Waals surface area (Å²) < 4.78 is 1.00. The molecule has 0 aliphatic heterocycles. The van der Waals surface area contributed by atoms with Crippen molar-refractivity contribution in [2.75, 3.05) is 10.6 Å². The molecule has 0 radical (unpaired) electrons. The zero-order valence-corrected chi connectivity index (χ0v) is 19.5. The smallest absolute Gasteiger partial charge is 0.230 e. The van der Waals surface area contributed by atoms with Gasteiger partial charge in [0.15, 0.2) is 5.13 Å². The van der Waals surface area contributed by atoms with E-state index in [0.717, 1.165) is 78.6 Å². The van der Waals surface area contributed by atoms with Crippen molar-refractivity contribution < 1.29 is 9.59 Å². The number of nitrogens with one attached hydrogen (secondary N) is 2. The normalized spacial score (nSPS) is 32.1. The van der Waals surface area contributed by atoms with Crippen LogP contribution in [-0.2, 0) is 9.59 Å². The molecule has 1 aromatic heterocycles. The van der Waals surface area contributed by atoms with E-state index in [2.05, 4.69) is 15.6 Å². The van der Waals surface area contributed by atoms with Gasteiger partial charge < -0.3 is 10.6 Å². The van der Waals surface area contributed by atoms with Gasteiger partial charge >= 0.3 is 0 Å². The maximum Gasteiger partial charge on any atom is 0.230 e. The Morgan fingerprint density at radius 1 is 0.969 bits per heavy atom. The van der Waals surface area contributed by atoms with Crippen molar-refractivity contribution >= 4 is 44.2 Å². The number of anilines is 2. The summed E-state index contributed by atoms with van der Waals surface area (Å²) in [6.45, 7) is 0. The van der Waals surface area contributed by atoms with Crippen LogP contribution in [0.1, 0.15) is 77.0 Å². The van der Waals surface area contributed by atoms with Crippen LogP contribution in [-0.4, -0.2) is 16.8 Å². The molecule has 4 unspecified atom stereocenters. The van der Waals surface area contributed by atoms with Crippen molar-refractivity contribution in [3.8, 4) is 0 Å². The molecule has 1 heterocycles. The van der Waals surface area contributed by atoms with E-state index in [9.17, 15) is 9.59 Å². The SMILES string of the molecule is O=C(Nc1nc2ccc(NC(=O)C34CCCC5CC(CC5C3)C4)cc2s1)C1CCCCC1. The van der Waals surface area contributed by atoms with Gasteiger partial charge in [-0.2, -0.15) is 0 Å². The van der Waals surface area contributed by atoms with E-state index in [4.69, 9.17) is 0 Å². The largest absolute Gasteiger partial charge is 0.326 e. The highest BCUT2D eigenvalue weighted by Gasteiger charge is 2.53. The Hall–Kier alpha value is -1.95. The number of thiazole rings is 1. The van der Waals surface area contributed by atoms with Gasteiger partial charge in [-0.15, -0.1) is 0 Å². The first kappa shape index (κ1) is 20.6. The molecule has 0 spiro atoms. The molecule has 4 aliphatic carbocycles. The molecule has 2 aromatic rings. The van der Waals surface area contributed by atoms with E-state index < -0.39 is 0 Å². The highest BCUT2D eigenvalue weighted by Crippen LogP contribution is 2.59. The van der Waals surface area contributed by atoms with Crippen molar-refractivity contribution in [1.29, 1.82) is 0 Å². The summed E-state index contributed by atoms with van der Waals surface area (Å²) in [5.74, 6) is 2.84. The molecule has 5 nitrogen and oxygen atoms in total. The highest BCUT2D eigenvalue weighted by molar-refractivity contribution is 7.22. The van der Waals surface area contributed by atoms with E-state index in [1.807, 2.05) is 18.2 Å². The van der Waals surface area contributed by atoms with Crippen LogP contribution >= 0.6 is 11.3 Å². The lowest BCUT2D eigenvalue weighted by atomic mass is 9.67. The Morgan fingerprint density at radius 2 is 1.81 bits per heavy atom. The summed E-state index contributed by atoms with van der Waals surface area (Å²) in [6.07, 6.45) is 13.9. The van der Waals surface area contributed by atoms with Crippen LogP contribution < -0.4 is 10.6 Å². The topological polar surface area (TPSA) is 71.1 Å². The molecule has 170 valence electrons. The number of hydrogen-bond acceptors (Lipinski definition) is 4. The fourth-order valence-corrected chi connectivity index (χ4v) is 8.25. The molecule has 2 N–H and O–H groups in total. The Labute approximate surface area is 193 Å². The lowest BCUT2D eigenvalue weighted by Gasteiger charge is -2.38. The van der Waals surface area contributed by atoms with Crippen molar-refractivity contribution in [3.63, 3.8) is 0 Å². The minimum atomic E-state index is -0.166. The molecule has 0 saturated heterocycles. The first-order valence-electron chi connectivity index (χ1n) is 12.6. The second kappa shape index (κ2) is 8.12. The molecule has 6 heteroatoms. The molecular weight excluding hydrogens is 418 g/mol. The molecule has 2 amide bonds. The summed E-state index contributed by atoms with van der Waals surface area (Å²) in [5, 5.41) is 6.97. The van der Waals surface area contributed by atoms with Gasteiger partial charge in [-0.25, -0.2) is 4.98 Å². The van der Waals surface area contributed by atoms with Crippen molar-refractivity contribution in [2.45, 2.75) is 77.0 Å². The first-order chi connectivity index (χ1) is 15.6. The van der Waals surface area contributed by atoms with E-state index in [0.29, 0.717) is 5.13 Å². The molecular formula is C26H33N3O2S. The lowest BCUT2D eigenvalue weighted by molar-refractivity contribution is -0.129. The van der Waals surface area contributed by atoms with Crippen LogP contribution in [0.4, 0.5) is 10.8 Å². The van der Waals surface area contributed by atoms with Crippen LogP contribution in [0.3, 0.4) is 0 Å². The second-order valence-corrected chi connectivity index (χ2v) is 11.9. The van der Waals surface area contributed by atoms with E-state index in [-0.39, 0.29) is 23.1 Å². The van der Waals surface area contributed by atoms with Crippen molar-refractivity contribution in [2.24, 2.45) is 29.1 Å². The van der Waals surface area contributed by atoms with Gasteiger partial charge in [0.05, 0.1) is 15.6 Å². The van der Waals surface area contributed by atoms with Crippen LogP contribution in [0.5, 0.6) is 0 Å². The number of benzene rings is 1. The molecule has 6 rings (SSSR count). The van der Waals surface area contributed by atoms with Gasteiger partial charge in [0.2, 0.25) is 11.8 Å². The number of fused-ring (bicyclic) bond motifs is 3. The number of amides is 2. The number of aromatic nitrogens is 1. The fourth-order valence-electron chi connectivity index (χ4n) is 7.34. The molecule has 4 aliphatic rings. The second-order valence-electron chi connectivity index (χ2n) is 10.9. The third-order valence-corrected chi connectivity index (χ3v) is 9.77. The minimum Gasteiger partial charge on any atom is -0.326 e. The zero-order valence-electron chi connectivity index (χ0n) is 18.7. The fraction of sp³-hybridized carbons (Fsp3) is 0.654. The summed E-state index contributed by atoms with van der Waals surface area (Å²) in [5.41, 5.74) is 1.56. The van der Waals surface area contributed by atoms with Crippen LogP contribution in [0, 0.1) is 29.1 Å². The molecule has 4 fully saturated rings. The third kappa shape index (κ3) is 3.74. The summed E-state index contributed by atoms with van der Waals surface area (Å²) >= 11 is 1.50. The molecule has 4 saturated carbocycles. The maximum atomic E-state index is 13.5. The molecule has 4 atom stereocenters. The third-order valence-electron chi connectivity index (χ3n) is 8.84. The minimum absolute atomic E-state index is 0.106. The predicted octanol–water partition coefficient (Wildman–Crippen LogP) is 6.36. The van der Waals surface area contributed by atoms with Crippen LogP contribution in [0.25, 0.3) is 10.2 Å². The molecule has 1 aromatic carbocycles. The monoisotopic (exact) mass is 451 g/mol. The number of hydrogen-bond donors (Lipinski definition) is 2. The summed E-state index contributed by atoms with van der Waals surface area (Å²) in [4.78, 5) is 30.7. The summed E-state index contributed by atoms with van der Waals surface area (Å²) in [7, 11) is 0. The van der Waals surface area contributed by atoms with Crippen molar-refractivity contribution in [3.05, 3.63) is 18.2 Å². The molecule has 3 bridgehead atoms. The highest BCUT2D eigenvalue weighted by atomic mass is 32.1. The van der Waals surface area contributed by atoms with Gasteiger partial charge in [0.1, 0.15) is 0 Å². The maximum absolute atomic E-state index is 13.5. The average Bonchev–Trinajstić information content (AvgIpc) is 3.28. The Kier molecular flexibility index (Phi) is 5.24. The number of rotatable bonds is 4. The average molecular weight is 452 g/mol. The quantitative estimate of drug-likeness (QED) is 0.568. The van der Waals surface area contributed by atoms with Crippen LogP contribution in [0.2, 0.25) is 0 Å². The Morgan fingerprint density at radius 3 is 2.69 bits per heavy atom. The molecule has 32 heavy (non-hydrogen) atoms. The zero-order chi connectivity index (χ0) is 21.7. The first-order valence-corrected chi connectivity index (χ1v) is 13.4. The summed E-state index contributed by atoms with van der Waals surface area (Å²) in [6, 6.07) is 5.94. The predicted molar refractivity (Wildman–Crippen MR) is 129 cm³/mol. The van der Waals surface area contributed by atoms with Crippen LogP contribution in [0.15, 0.2) is 18.2 Å². The van der Waals surface area contributed by atoms with Crippen molar-refractivity contribution in [1.82, 2.24) is 4.98 Å². The van der Waals surface area contributed by atoms with Gasteiger partial charge in [0.25, 0.3) is 0 Å². The van der Waals surface area contributed by atoms with E-state index >= 15 is 0 Å². The van der Waals surface area contributed by atoms with Gasteiger partial charge in [-0.05, 0) is 80.9 Å². The number of nitrogens with zero attached hydrogens (tertiary/aromatic N) is 1. The van der Waals surface area contributed by atoms with E-state index in [1.54, 1.807) is 0 Å². The number of carbonyl (C=O) groups excluding carboxylic acids is 2. The number of carbonyl (C=O) groups is 2. The Balaban J connectivity index is 1.17. The van der Waals surface area contributed by atoms with E-state index in [1.165, 1.54) is 43.4 Å². The lowest BCUT2D eigenvalue weighted by Crippen LogP contribution is -2.40. The van der Waals surface area contributed by atoms with Gasteiger partial charge in [-0.1, -0.05) is 43.4 Å². The van der Waals surface area contributed by atoms with Gasteiger partial charge in [-0.3, -0.25) is 9.59 Å². The standard InChI is InChI=1S/C26H33N3O2S/c30-23(17-5-2-1-3-6-17)29-25-28-21-9-8-20(13-22(21)32-25)27-24(31)26-10-4-7-18-11-16(14-26)12-19(18)15-26/h8-9,13,16-19H,1-7,10-12,14-15H2,(H,27,31)(H,28,29,30). The Bertz CT molecular complexity index is 1040. The van der Waals surface area contributed by atoms with Gasteiger partial charge in [0, 0.05) is 11.6 Å².